The van der Waals surface area contributed by atoms with Crippen LogP contribution in [0.25, 0.3) is 10.8 Å². The molecule has 2 aromatic carbocycles. The molecular weight excluding hydrogens is 354 g/mol. The standard InChI is InChI=1S/C12H12N2O4.C6H5NO2/c1-17-9-5-6-10(18-2)12-8(14-16)4-3-7(13-15)11(9)12;8-6(9)5-2-1-3-7-4-5/h3-6,13,15H,1-2H3;1-4H,(H,8,9). The summed E-state index contributed by atoms with van der Waals surface area (Å²) >= 11 is 0. The summed E-state index contributed by atoms with van der Waals surface area (Å²) in [7, 11) is 3.00. The van der Waals surface area contributed by atoms with Crippen molar-refractivity contribution >= 4 is 28.1 Å². The van der Waals surface area contributed by atoms with Crippen LogP contribution in [0.2, 0.25) is 0 Å². The summed E-state index contributed by atoms with van der Waals surface area (Å²) in [6, 6.07) is 9.49. The molecule has 0 aliphatic rings. The van der Waals surface area contributed by atoms with Gasteiger partial charge in [0.25, 0.3) is 0 Å². The van der Waals surface area contributed by atoms with Gasteiger partial charge in [0.15, 0.2) is 0 Å². The Bertz CT molecular complexity index is 936. The number of carboxylic acids is 1. The van der Waals surface area contributed by atoms with Crippen LogP contribution in [0.3, 0.4) is 0 Å². The van der Waals surface area contributed by atoms with E-state index in [0.29, 0.717) is 28.0 Å². The molecular formula is C18H17N3O6. The van der Waals surface area contributed by atoms with Gasteiger partial charge in [-0.15, -0.1) is 4.91 Å². The van der Waals surface area contributed by atoms with Gasteiger partial charge in [-0.2, -0.15) is 0 Å². The van der Waals surface area contributed by atoms with Crippen molar-refractivity contribution < 1.29 is 24.6 Å². The Labute approximate surface area is 154 Å². The molecule has 9 nitrogen and oxygen atoms in total. The van der Waals surface area contributed by atoms with Gasteiger partial charge in [-0.1, -0.05) is 0 Å². The van der Waals surface area contributed by atoms with E-state index < -0.39 is 5.97 Å². The fourth-order valence-corrected chi connectivity index (χ4v) is 2.41. The number of pyridine rings is 1. The largest absolute Gasteiger partial charge is 0.496 e. The number of ether oxygens (including phenoxy) is 2. The number of methoxy groups -OCH3 is 2. The minimum absolute atomic E-state index is 0.220. The Kier molecular flexibility index (Phi) is 6.61. The van der Waals surface area contributed by atoms with E-state index in [-0.39, 0.29) is 11.3 Å². The molecule has 0 radical (unpaired) electrons. The van der Waals surface area contributed by atoms with Gasteiger partial charge in [-0.25, -0.2) is 4.79 Å². The lowest BCUT2D eigenvalue weighted by Crippen LogP contribution is -1.95. The van der Waals surface area contributed by atoms with Gasteiger partial charge in [0.2, 0.25) is 0 Å². The van der Waals surface area contributed by atoms with Gasteiger partial charge in [-0.3, -0.25) is 15.7 Å². The van der Waals surface area contributed by atoms with Crippen molar-refractivity contribution in [3.63, 3.8) is 0 Å². The average Bonchev–Trinajstić information content (AvgIpc) is 2.73. The molecule has 0 spiro atoms. The van der Waals surface area contributed by atoms with E-state index in [1.165, 1.54) is 38.7 Å². The number of aromatic nitrogens is 1. The summed E-state index contributed by atoms with van der Waals surface area (Å²) in [4.78, 5) is 24.6. The molecule has 27 heavy (non-hydrogen) atoms. The quantitative estimate of drug-likeness (QED) is 0.455. The first-order chi connectivity index (χ1) is 13.1. The SMILES string of the molecule is COc1ccc(OC)c2c(NO)ccc(N=O)c12.O=C(O)c1cccnc1. The van der Waals surface area contributed by atoms with Crippen molar-refractivity contribution in [1.82, 2.24) is 4.98 Å². The Morgan fingerprint density at radius 1 is 1.07 bits per heavy atom. The minimum atomic E-state index is -0.942. The number of fused-ring (bicyclic) bond motifs is 1. The normalized spacial score (nSPS) is 9.74. The summed E-state index contributed by atoms with van der Waals surface area (Å²) in [5.41, 5.74) is 2.92. The minimum Gasteiger partial charge on any atom is -0.496 e. The molecule has 1 aromatic heterocycles. The number of rotatable bonds is 5. The van der Waals surface area contributed by atoms with Crippen LogP contribution in [-0.2, 0) is 0 Å². The summed E-state index contributed by atoms with van der Waals surface area (Å²) < 4.78 is 10.4. The molecule has 0 saturated heterocycles. The first kappa shape index (κ1) is 19.6. The van der Waals surface area contributed by atoms with Crippen molar-refractivity contribution in [2.45, 2.75) is 0 Å². The highest BCUT2D eigenvalue weighted by Crippen LogP contribution is 2.43. The zero-order valence-electron chi connectivity index (χ0n) is 14.5. The third kappa shape index (κ3) is 4.28. The monoisotopic (exact) mass is 371 g/mol. The predicted octanol–water partition coefficient (Wildman–Crippen LogP) is 3.84. The van der Waals surface area contributed by atoms with Gasteiger partial charge in [0.05, 0.1) is 36.2 Å². The van der Waals surface area contributed by atoms with Gasteiger partial charge in [0, 0.05) is 12.4 Å². The van der Waals surface area contributed by atoms with Crippen LogP contribution >= 0.6 is 0 Å². The Balaban J connectivity index is 0.000000244. The number of carbonyl (C=O) groups is 1. The summed E-state index contributed by atoms with van der Waals surface area (Å²) in [5, 5.41) is 21.5. The van der Waals surface area contributed by atoms with Crippen molar-refractivity contribution in [3.05, 3.63) is 59.3 Å². The van der Waals surface area contributed by atoms with E-state index in [4.69, 9.17) is 19.8 Å². The zero-order chi connectivity index (χ0) is 19.8. The second-order valence-corrected chi connectivity index (χ2v) is 5.10. The van der Waals surface area contributed by atoms with Crippen LogP contribution in [-0.4, -0.2) is 35.5 Å². The molecule has 9 heteroatoms. The molecule has 3 rings (SSSR count). The lowest BCUT2D eigenvalue weighted by molar-refractivity contribution is 0.0696. The first-order valence-corrected chi connectivity index (χ1v) is 7.61. The predicted molar refractivity (Wildman–Crippen MR) is 99.1 cm³/mol. The van der Waals surface area contributed by atoms with Crippen molar-refractivity contribution in [3.8, 4) is 11.5 Å². The maximum atomic E-state index is 10.9. The molecule has 0 aliphatic heterocycles. The molecule has 0 unspecified atom stereocenters. The molecule has 3 aromatic rings. The van der Waals surface area contributed by atoms with Gasteiger partial charge in [-0.05, 0) is 41.6 Å². The molecule has 0 saturated carbocycles. The first-order valence-electron chi connectivity index (χ1n) is 7.61. The van der Waals surface area contributed by atoms with Crippen LogP contribution in [0.5, 0.6) is 11.5 Å². The maximum Gasteiger partial charge on any atom is 0.337 e. The number of benzene rings is 2. The van der Waals surface area contributed by atoms with E-state index >= 15 is 0 Å². The maximum absolute atomic E-state index is 10.9. The number of nitroso groups, excluding NO2 is 1. The van der Waals surface area contributed by atoms with E-state index in [0.717, 1.165) is 0 Å². The van der Waals surface area contributed by atoms with Crippen LogP contribution in [0, 0.1) is 4.91 Å². The number of hydrogen-bond donors (Lipinski definition) is 3. The van der Waals surface area contributed by atoms with Crippen molar-refractivity contribution in [2.75, 3.05) is 19.7 Å². The molecule has 140 valence electrons. The number of aromatic carboxylic acids is 1. The number of hydrogen-bond acceptors (Lipinski definition) is 8. The summed E-state index contributed by atoms with van der Waals surface area (Å²) in [5.74, 6) is 0.0495. The second kappa shape index (κ2) is 9.11. The van der Waals surface area contributed by atoms with Crippen LogP contribution in [0.15, 0.2) is 54.0 Å². The van der Waals surface area contributed by atoms with Gasteiger partial charge in [0.1, 0.15) is 17.2 Å². The molecule has 0 aliphatic carbocycles. The lowest BCUT2D eigenvalue weighted by atomic mass is 10.0. The molecule has 0 bridgehead atoms. The Morgan fingerprint density at radius 2 is 1.74 bits per heavy atom. The Morgan fingerprint density at radius 3 is 2.19 bits per heavy atom. The highest BCUT2D eigenvalue weighted by molar-refractivity contribution is 6.07. The Hall–Kier alpha value is -3.72. The lowest BCUT2D eigenvalue weighted by Gasteiger charge is -2.13. The number of nitrogens with one attached hydrogen (secondary N) is 1. The van der Waals surface area contributed by atoms with Gasteiger partial charge < -0.3 is 14.6 Å². The van der Waals surface area contributed by atoms with E-state index in [1.807, 2.05) is 0 Å². The topological polar surface area (TPSA) is 130 Å². The van der Waals surface area contributed by atoms with E-state index in [9.17, 15) is 9.70 Å². The highest BCUT2D eigenvalue weighted by atomic mass is 16.5. The summed E-state index contributed by atoms with van der Waals surface area (Å²) in [6.45, 7) is 0. The van der Waals surface area contributed by atoms with Crippen LogP contribution in [0.4, 0.5) is 11.4 Å². The average molecular weight is 371 g/mol. The fourth-order valence-electron chi connectivity index (χ4n) is 2.41. The molecule has 3 N–H and O–H groups in total. The van der Waals surface area contributed by atoms with Crippen molar-refractivity contribution in [1.29, 1.82) is 0 Å². The fraction of sp³-hybridized carbons (Fsp3) is 0.111. The third-order valence-electron chi connectivity index (χ3n) is 3.63. The highest BCUT2D eigenvalue weighted by Gasteiger charge is 2.15. The van der Waals surface area contributed by atoms with E-state index in [1.54, 1.807) is 24.3 Å². The number of carboxylic acid groups (broad SMARTS) is 1. The van der Waals surface area contributed by atoms with Gasteiger partial charge >= 0.3 is 5.97 Å². The number of anilines is 1. The molecule has 0 amide bonds. The van der Waals surface area contributed by atoms with Crippen molar-refractivity contribution in [2.24, 2.45) is 5.18 Å². The molecule has 0 fully saturated rings. The number of nitrogens with zero attached hydrogens (tertiary/aromatic N) is 2. The summed E-state index contributed by atoms with van der Waals surface area (Å²) in [6.07, 6.45) is 2.84. The van der Waals surface area contributed by atoms with Crippen LogP contribution < -0.4 is 15.0 Å². The zero-order valence-corrected chi connectivity index (χ0v) is 14.5. The molecule has 1 heterocycles. The second-order valence-electron chi connectivity index (χ2n) is 5.10. The third-order valence-corrected chi connectivity index (χ3v) is 3.63. The van der Waals surface area contributed by atoms with Crippen LogP contribution in [0.1, 0.15) is 10.4 Å². The van der Waals surface area contributed by atoms with E-state index in [2.05, 4.69) is 15.6 Å². The molecule has 0 atom stereocenters. The smallest absolute Gasteiger partial charge is 0.337 e.